The molecule has 4 heteroatoms. The molecule has 0 aliphatic heterocycles. The average Bonchev–Trinajstić information content (AvgIpc) is 2.40. The maximum Gasteiger partial charge on any atom is 0.308 e. The predicted octanol–water partition coefficient (Wildman–Crippen LogP) is 2.41. The van der Waals surface area contributed by atoms with Crippen molar-refractivity contribution in [1.82, 2.24) is 5.32 Å². The Morgan fingerprint density at radius 1 is 1.30 bits per heavy atom. The average molecular weight is 275 g/mol. The molecule has 0 aromatic heterocycles. The highest BCUT2D eigenvalue weighted by molar-refractivity contribution is 5.77. The molecule has 1 aromatic rings. The summed E-state index contributed by atoms with van der Waals surface area (Å²) in [4.78, 5) is 22.4. The number of amides is 1. The minimum Gasteiger partial charge on any atom is -0.481 e. The van der Waals surface area contributed by atoms with E-state index < -0.39 is 11.9 Å². The van der Waals surface area contributed by atoms with Gasteiger partial charge in [0, 0.05) is 13.0 Å². The lowest BCUT2D eigenvalue weighted by Gasteiger charge is -2.35. The first-order valence-electron chi connectivity index (χ1n) is 7.10. The van der Waals surface area contributed by atoms with Gasteiger partial charge in [0.2, 0.25) is 5.91 Å². The molecule has 1 aliphatic carbocycles. The Balaban J connectivity index is 1.67. The molecule has 0 radical (unpaired) electrons. The maximum absolute atomic E-state index is 11.7. The minimum atomic E-state index is -0.877. The van der Waals surface area contributed by atoms with Crippen LogP contribution in [0.25, 0.3) is 0 Å². The summed E-state index contributed by atoms with van der Waals surface area (Å²) in [5, 5.41) is 11.4. The number of nitrogens with one attached hydrogen (secondary N) is 1. The highest BCUT2D eigenvalue weighted by Crippen LogP contribution is 2.43. The van der Waals surface area contributed by atoms with Gasteiger partial charge >= 0.3 is 5.97 Å². The van der Waals surface area contributed by atoms with Crippen molar-refractivity contribution in [3.63, 3.8) is 0 Å². The Labute approximate surface area is 119 Å². The highest BCUT2D eigenvalue weighted by atomic mass is 16.4. The fraction of sp³-hybridized carbons (Fsp3) is 0.500. The molecule has 0 bridgehead atoms. The Hall–Kier alpha value is -1.84. The van der Waals surface area contributed by atoms with Crippen molar-refractivity contribution in [2.45, 2.75) is 32.1 Å². The van der Waals surface area contributed by atoms with E-state index in [1.165, 1.54) is 5.56 Å². The molecular formula is C16H21NO3. The van der Waals surface area contributed by atoms with E-state index in [1.54, 1.807) is 6.92 Å². The van der Waals surface area contributed by atoms with Gasteiger partial charge in [-0.2, -0.15) is 0 Å². The lowest BCUT2D eigenvalue weighted by molar-refractivity contribution is -0.141. The van der Waals surface area contributed by atoms with Gasteiger partial charge in [-0.3, -0.25) is 9.59 Å². The number of carbonyl (C=O) groups is 2. The van der Waals surface area contributed by atoms with E-state index >= 15 is 0 Å². The third-order valence-corrected chi connectivity index (χ3v) is 4.01. The molecule has 0 heterocycles. The normalized spacial score (nSPS) is 22.6. The monoisotopic (exact) mass is 275 g/mol. The summed E-state index contributed by atoms with van der Waals surface area (Å²) >= 11 is 0. The zero-order valence-electron chi connectivity index (χ0n) is 11.7. The van der Waals surface area contributed by atoms with Crippen LogP contribution in [0.15, 0.2) is 30.3 Å². The van der Waals surface area contributed by atoms with Gasteiger partial charge in [-0.25, -0.2) is 0 Å². The van der Waals surface area contributed by atoms with Crippen molar-refractivity contribution in [2.24, 2.45) is 11.8 Å². The molecule has 1 saturated carbocycles. The van der Waals surface area contributed by atoms with E-state index in [-0.39, 0.29) is 12.5 Å². The molecule has 1 atom stereocenters. The first kappa shape index (κ1) is 14.6. The standard InChI is InChI=1S/C16H21NO3/c1-11(16(19)20)10-17-15(18)9-12-7-14(8-12)13-5-3-2-4-6-13/h2-6,11-12,14H,7-10H2,1H3,(H,17,18)(H,19,20). The molecule has 1 aliphatic rings. The summed E-state index contributed by atoms with van der Waals surface area (Å²) in [6.45, 7) is 1.81. The Bertz CT molecular complexity index is 466. The second-order valence-electron chi connectivity index (χ2n) is 5.69. The molecule has 1 unspecified atom stereocenters. The van der Waals surface area contributed by atoms with Crippen molar-refractivity contribution in [1.29, 1.82) is 0 Å². The number of carboxylic acids is 1. The summed E-state index contributed by atoms with van der Waals surface area (Å²) < 4.78 is 0. The molecule has 0 saturated heterocycles. The van der Waals surface area contributed by atoms with Crippen LogP contribution >= 0.6 is 0 Å². The van der Waals surface area contributed by atoms with Crippen LogP contribution in [-0.2, 0) is 9.59 Å². The van der Waals surface area contributed by atoms with Crippen LogP contribution in [0.3, 0.4) is 0 Å². The van der Waals surface area contributed by atoms with Crippen LogP contribution in [-0.4, -0.2) is 23.5 Å². The smallest absolute Gasteiger partial charge is 0.308 e. The maximum atomic E-state index is 11.7. The molecule has 20 heavy (non-hydrogen) atoms. The second kappa shape index (κ2) is 6.55. The highest BCUT2D eigenvalue weighted by Gasteiger charge is 2.31. The molecule has 1 fully saturated rings. The van der Waals surface area contributed by atoms with Crippen LogP contribution in [0.1, 0.15) is 37.7 Å². The number of hydrogen-bond donors (Lipinski definition) is 2. The van der Waals surface area contributed by atoms with E-state index in [9.17, 15) is 9.59 Å². The summed E-state index contributed by atoms with van der Waals surface area (Å²) in [6.07, 6.45) is 2.60. The van der Waals surface area contributed by atoms with Crippen molar-refractivity contribution in [3.8, 4) is 0 Å². The number of aliphatic carboxylic acids is 1. The van der Waals surface area contributed by atoms with Crippen molar-refractivity contribution in [2.75, 3.05) is 6.54 Å². The Morgan fingerprint density at radius 3 is 2.55 bits per heavy atom. The van der Waals surface area contributed by atoms with Crippen LogP contribution < -0.4 is 5.32 Å². The summed E-state index contributed by atoms with van der Waals surface area (Å²) in [5.41, 5.74) is 1.35. The van der Waals surface area contributed by atoms with Gasteiger partial charge in [0.05, 0.1) is 5.92 Å². The molecule has 1 aromatic carbocycles. The lowest BCUT2D eigenvalue weighted by atomic mass is 9.70. The first-order chi connectivity index (χ1) is 9.56. The Morgan fingerprint density at radius 2 is 1.95 bits per heavy atom. The van der Waals surface area contributed by atoms with Crippen LogP contribution in [0, 0.1) is 11.8 Å². The Kier molecular flexibility index (Phi) is 4.77. The summed E-state index contributed by atoms with van der Waals surface area (Å²) in [5.74, 6) is -0.433. The fourth-order valence-electron chi connectivity index (χ4n) is 2.59. The topological polar surface area (TPSA) is 66.4 Å². The van der Waals surface area contributed by atoms with Gasteiger partial charge in [-0.05, 0) is 30.2 Å². The molecule has 2 rings (SSSR count). The zero-order valence-corrected chi connectivity index (χ0v) is 11.7. The van der Waals surface area contributed by atoms with E-state index in [0.29, 0.717) is 18.3 Å². The molecular weight excluding hydrogens is 254 g/mol. The second-order valence-corrected chi connectivity index (χ2v) is 5.69. The van der Waals surface area contributed by atoms with Gasteiger partial charge in [0.15, 0.2) is 0 Å². The molecule has 108 valence electrons. The number of hydrogen-bond acceptors (Lipinski definition) is 2. The van der Waals surface area contributed by atoms with E-state index in [0.717, 1.165) is 12.8 Å². The third kappa shape index (κ3) is 3.83. The number of carboxylic acid groups (broad SMARTS) is 1. The molecule has 0 spiro atoms. The van der Waals surface area contributed by atoms with Gasteiger partial charge in [0.25, 0.3) is 0 Å². The number of carbonyl (C=O) groups excluding carboxylic acids is 1. The number of rotatable bonds is 6. The van der Waals surface area contributed by atoms with Crippen molar-refractivity contribution in [3.05, 3.63) is 35.9 Å². The SMILES string of the molecule is CC(CNC(=O)CC1CC(c2ccccc2)C1)C(=O)O. The van der Waals surface area contributed by atoms with Crippen molar-refractivity contribution < 1.29 is 14.7 Å². The predicted molar refractivity (Wildman–Crippen MR) is 76.3 cm³/mol. The van der Waals surface area contributed by atoms with E-state index in [2.05, 4.69) is 17.4 Å². The van der Waals surface area contributed by atoms with Crippen LogP contribution in [0.2, 0.25) is 0 Å². The van der Waals surface area contributed by atoms with Crippen LogP contribution in [0.5, 0.6) is 0 Å². The number of benzene rings is 1. The fourth-order valence-corrected chi connectivity index (χ4v) is 2.59. The first-order valence-corrected chi connectivity index (χ1v) is 7.10. The minimum absolute atomic E-state index is 0.0328. The third-order valence-electron chi connectivity index (χ3n) is 4.01. The van der Waals surface area contributed by atoms with E-state index in [4.69, 9.17) is 5.11 Å². The van der Waals surface area contributed by atoms with Crippen molar-refractivity contribution >= 4 is 11.9 Å². The summed E-state index contributed by atoms with van der Waals surface area (Å²) in [7, 11) is 0. The molecule has 1 amide bonds. The van der Waals surface area contributed by atoms with Gasteiger partial charge < -0.3 is 10.4 Å². The van der Waals surface area contributed by atoms with Crippen LogP contribution in [0.4, 0.5) is 0 Å². The van der Waals surface area contributed by atoms with Gasteiger partial charge in [0.1, 0.15) is 0 Å². The zero-order chi connectivity index (χ0) is 14.5. The summed E-state index contributed by atoms with van der Waals surface area (Å²) in [6, 6.07) is 10.4. The molecule has 4 nitrogen and oxygen atoms in total. The van der Waals surface area contributed by atoms with Gasteiger partial charge in [-0.1, -0.05) is 37.3 Å². The lowest BCUT2D eigenvalue weighted by Crippen LogP contribution is -2.34. The largest absolute Gasteiger partial charge is 0.481 e. The molecule has 2 N–H and O–H groups in total. The quantitative estimate of drug-likeness (QED) is 0.837. The van der Waals surface area contributed by atoms with E-state index in [1.807, 2.05) is 18.2 Å². The van der Waals surface area contributed by atoms with Gasteiger partial charge in [-0.15, -0.1) is 0 Å².